The number of aromatic nitrogens is 1. The Morgan fingerprint density at radius 2 is 1.58 bits per heavy atom. The van der Waals surface area contributed by atoms with Gasteiger partial charge in [-0.15, -0.1) is 0 Å². The number of sulfone groups is 1. The van der Waals surface area contributed by atoms with Crippen LogP contribution in [0.25, 0.3) is 0 Å². The molecule has 5 heteroatoms. The van der Waals surface area contributed by atoms with E-state index in [-0.39, 0.29) is 10.7 Å². The Balaban J connectivity index is 2.32. The fraction of sp³-hybridized carbons (Fsp3) is 0.143. The lowest BCUT2D eigenvalue weighted by atomic mass is 10.1. The first-order valence-corrected chi connectivity index (χ1v) is 7.54. The second-order valence-electron chi connectivity index (χ2n) is 4.31. The van der Waals surface area contributed by atoms with Crippen LogP contribution in [0.5, 0.6) is 0 Å². The van der Waals surface area contributed by atoms with Crippen LogP contribution in [0.1, 0.15) is 21.6 Å². The summed E-state index contributed by atoms with van der Waals surface area (Å²) in [7, 11) is -3.24. The zero-order valence-corrected chi connectivity index (χ0v) is 11.4. The molecule has 2 rings (SSSR count). The van der Waals surface area contributed by atoms with Crippen LogP contribution in [0.3, 0.4) is 0 Å². The summed E-state index contributed by atoms with van der Waals surface area (Å²) < 4.78 is 22.7. The monoisotopic (exact) mass is 275 g/mol. The Morgan fingerprint density at radius 3 is 2.05 bits per heavy atom. The van der Waals surface area contributed by atoms with Crippen LogP contribution in [0.15, 0.2) is 47.5 Å². The van der Waals surface area contributed by atoms with Gasteiger partial charge >= 0.3 is 0 Å². The highest BCUT2D eigenvalue weighted by atomic mass is 32.2. The van der Waals surface area contributed by atoms with Crippen molar-refractivity contribution in [1.82, 2.24) is 4.98 Å². The van der Waals surface area contributed by atoms with Gasteiger partial charge in [0.1, 0.15) is 0 Å². The number of carbonyl (C=O) groups is 1. The van der Waals surface area contributed by atoms with Gasteiger partial charge in [-0.3, -0.25) is 9.78 Å². The van der Waals surface area contributed by atoms with E-state index in [2.05, 4.69) is 4.98 Å². The number of carbonyl (C=O) groups excluding carboxylic acids is 1. The quantitative estimate of drug-likeness (QED) is 0.804. The molecule has 1 aromatic carbocycles. The molecule has 0 aliphatic rings. The molecule has 1 heterocycles. The minimum Gasteiger partial charge on any atom is -0.289 e. The molecule has 0 N–H and O–H groups in total. The van der Waals surface area contributed by atoms with Gasteiger partial charge in [0.05, 0.1) is 4.90 Å². The van der Waals surface area contributed by atoms with Crippen molar-refractivity contribution >= 4 is 15.6 Å². The zero-order chi connectivity index (χ0) is 14.0. The van der Waals surface area contributed by atoms with Crippen LogP contribution >= 0.6 is 0 Å². The standard InChI is InChI=1S/C14H13NO3S/c1-10-3-4-12(9-15-10)14(16)11-5-7-13(8-6-11)19(2,17)18/h3-9H,1-2H3. The van der Waals surface area contributed by atoms with Crippen molar-refractivity contribution in [1.29, 1.82) is 0 Å². The van der Waals surface area contributed by atoms with Gasteiger partial charge in [0.15, 0.2) is 15.6 Å². The highest BCUT2D eigenvalue weighted by Gasteiger charge is 2.11. The van der Waals surface area contributed by atoms with Gasteiger partial charge in [-0.2, -0.15) is 0 Å². The van der Waals surface area contributed by atoms with Gasteiger partial charge in [0, 0.05) is 29.3 Å². The lowest BCUT2D eigenvalue weighted by Gasteiger charge is -2.03. The Hall–Kier alpha value is -2.01. The fourth-order valence-electron chi connectivity index (χ4n) is 1.62. The lowest BCUT2D eigenvalue weighted by Crippen LogP contribution is -2.03. The van der Waals surface area contributed by atoms with E-state index in [1.54, 1.807) is 12.1 Å². The van der Waals surface area contributed by atoms with Crippen molar-refractivity contribution in [2.75, 3.05) is 6.26 Å². The largest absolute Gasteiger partial charge is 0.289 e. The average molecular weight is 275 g/mol. The predicted molar refractivity (Wildman–Crippen MR) is 72.0 cm³/mol. The Bertz CT molecular complexity index is 701. The summed E-state index contributed by atoms with van der Waals surface area (Å²) in [6, 6.07) is 9.36. The van der Waals surface area contributed by atoms with Gasteiger partial charge in [0.2, 0.25) is 0 Å². The van der Waals surface area contributed by atoms with E-state index in [9.17, 15) is 13.2 Å². The summed E-state index contributed by atoms with van der Waals surface area (Å²) in [5.74, 6) is -0.174. The van der Waals surface area contributed by atoms with Gasteiger partial charge in [-0.1, -0.05) is 0 Å². The van der Waals surface area contributed by atoms with Crippen LogP contribution in [0.2, 0.25) is 0 Å². The first kappa shape index (κ1) is 13.4. The number of aryl methyl sites for hydroxylation is 1. The predicted octanol–water partition coefficient (Wildman–Crippen LogP) is 2.02. The fourth-order valence-corrected chi connectivity index (χ4v) is 2.25. The number of pyridine rings is 1. The summed E-state index contributed by atoms with van der Waals surface area (Å²) in [4.78, 5) is 16.4. The highest BCUT2D eigenvalue weighted by Crippen LogP contribution is 2.14. The molecular weight excluding hydrogens is 262 g/mol. The van der Waals surface area contributed by atoms with Gasteiger partial charge in [-0.05, 0) is 43.3 Å². The molecule has 0 fully saturated rings. The molecule has 0 unspecified atom stereocenters. The molecule has 0 spiro atoms. The second-order valence-corrected chi connectivity index (χ2v) is 6.33. The van der Waals surface area contributed by atoms with Crippen molar-refractivity contribution < 1.29 is 13.2 Å². The molecule has 0 amide bonds. The molecule has 98 valence electrons. The van der Waals surface area contributed by atoms with E-state index < -0.39 is 9.84 Å². The maximum Gasteiger partial charge on any atom is 0.194 e. The maximum absolute atomic E-state index is 12.1. The Morgan fingerprint density at radius 1 is 1.00 bits per heavy atom. The van der Waals surface area contributed by atoms with E-state index in [4.69, 9.17) is 0 Å². The van der Waals surface area contributed by atoms with Crippen molar-refractivity contribution in [2.24, 2.45) is 0 Å². The second kappa shape index (κ2) is 4.93. The third kappa shape index (κ3) is 3.06. The number of benzene rings is 1. The van der Waals surface area contributed by atoms with Crippen molar-refractivity contribution in [3.63, 3.8) is 0 Å². The van der Waals surface area contributed by atoms with Crippen LogP contribution < -0.4 is 0 Å². The number of nitrogens with zero attached hydrogens (tertiary/aromatic N) is 1. The summed E-state index contributed by atoms with van der Waals surface area (Å²) in [6.07, 6.45) is 2.65. The minimum absolute atomic E-state index is 0.174. The normalized spacial score (nSPS) is 11.3. The number of hydrogen-bond donors (Lipinski definition) is 0. The van der Waals surface area contributed by atoms with E-state index >= 15 is 0 Å². The molecule has 0 saturated carbocycles. The maximum atomic E-state index is 12.1. The van der Waals surface area contributed by atoms with E-state index in [1.165, 1.54) is 30.5 Å². The highest BCUT2D eigenvalue weighted by molar-refractivity contribution is 7.90. The van der Waals surface area contributed by atoms with E-state index in [0.717, 1.165) is 11.9 Å². The average Bonchev–Trinajstić information content (AvgIpc) is 2.38. The van der Waals surface area contributed by atoms with Crippen molar-refractivity contribution in [3.8, 4) is 0 Å². The molecule has 0 saturated heterocycles. The summed E-state index contributed by atoms with van der Waals surface area (Å²) in [6.45, 7) is 1.84. The molecule has 0 radical (unpaired) electrons. The van der Waals surface area contributed by atoms with Crippen LogP contribution in [0, 0.1) is 6.92 Å². The zero-order valence-electron chi connectivity index (χ0n) is 10.6. The van der Waals surface area contributed by atoms with E-state index in [1.807, 2.05) is 6.92 Å². The summed E-state index contributed by atoms with van der Waals surface area (Å²) in [5.41, 5.74) is 1.76. The summed E-state index contributed by atoms with van der Waals surface area (Å²) >= 11 is 0. The smallest absolute Gasteiger partial charge is 0.194 e. The van der Waals surface area contributed by atoms with Crippen LogP contribution in [0.4, 0.5) is 0 Å². The molecule has 4 nitrogen and oxygen atoms in total. The van der Waals surface area contributed by atoms with Gasteiger partial charge < -0.3 is 0 Å². The van der Waals surface area contributed by atoms with E-state index in [0.29, 0.717) is 11.1 Å². The topological polar surface area (TPSA) is 64.1 Å². The van der Waals surface area contributed by atoms with Crippen molar-refractivity contribution in [2.45, 2.75) is 11.8 Å². The molecule has 0 atom stereocenters. The minimum atomic E-state index is -3.24. The van der Waals surface area contributed by atoms with Gasteiger partial charge in [0.25, 0.3) is 0 Å². The van der Waals surface area contributed by atoms with Crippen LogP contribution in [-0.4, -0.2) is 25.4 Å². The molecule has 0 bridgehead atoms. The molecule has 1 aromatic heterocycles. The molecule has 0 aliphatic carbocycles. The Kier molecular flexibility index (Phi) is 3.48. The number of hydrogen-bond acceptors (Lipinski definition) is 4. The van der Waals surface area contributed by atoms with Crippen LogP contribution in [-0.2, 0) is 9.84 Å². The van der Waals surface area contributed by atoms with Gasteiger partial charge in [-0.25, -0.2) is 8.42 Å². The first-order chi connectivity index (χ1) is 8.88. The SMILES string of the molecule is Cc1ccc(C(=O)c2ccc(S(C)(=O)=O)cc2)cn1. The molecule has 0 aliphatic heterocycles. The third-order valence-electron chi connectivity index (χ3n) is 2.72. The molecular formula is C14H13NO3S. The molecule has 2 aromatic rings. The van der Waals surface area contributed by atoms with Crippen molar-refractivity contribution in [3.05, 3.63) is 59.4 Å². The number of ketones is 1. The summed E-state index contributed by atoms with van der Waals surface area (Å²) in [5, 5.41) is 0. The number of rotatable bonds is 3. The third-order valence-corrected chi connectivity index (χ3v) is 3.85. The first-order valence-electron chi connectivity index (χ1n) is 5.65. The Labute approximate surface area is 112 Å². The lowest BCUT2D eigenvalue weighted by molar-refractivity contribution is 0.103. The molecule has 19 heavy (non-hydrogen) atoms.